The molecule has 0 spiro atoms. The molecule has 0 amide bonds. The molecule has 1 aromatic heterocycles. The lowest BCUT2D eigenvalue weighted by Gasteiger charge is -2.31. The Hall–Kier alpha value is -0.660. The first-order valence-electron chi connectivity index (χ1n) is 5.76. The van der Waals surface area contributed by atoms with Crippen molar-refractivity contribution >= 4 is 31.8 Å². The van der Waals surface area contributed by atoms with Gasteiger partial charge in [-0.3, -0.25) is 0 Å². The molecule has 0 unspecified atom stereocenters. The number of aromatic nitrogens is 1. The van der Waals surface area contributed by atoms with Crippen molar-refractivity contribution in [3.63, 3.8) is 0 Å². The van der Waals surface area contributed by atoms with Crippen LogP contribution in [-0.4, -0.2) is 31.7 Å². The molecule has 1 saturated heterocycles. The van der Waals surface area contributed by atoms with Crippen LogP contribution in [0.2, 0.25) is 0 Å². The van der Waals surface area contributed by atoms with Gasteiger partial charge >= 0.3 is 0 Å². The Labute approximate surface area is 116 Å². The number of piperidine rings is 1. The fourth-order valence-electron chi connectivity index (χ4n) is 2.11. The van der Waals surface area contributed by atoms with Crippen LogP contribution in [0.5, 0.6) is 0 Å². The fourth-order valence-corrected chi connectivity index (χ4v) is 3.20. The van der Waals surface area contributed by atoms with Crippen molar-refractivity contribution in [3.8, 4) is 0 Å². The largest absolute Gasteiger partial charge is 0.357 e. The molecule has 0 atom stereocenters. The predicted molar refractivity (Wildman–Crippen MR) is 75.0 cm³/mol. The van der Waals surface area contributed by atoms with Crippen molar-refractivity contribution in [2.45, 2.75) is 25.0 Å². The van der Waals surface area contributed by atoms with E-state index in [9.17, 15) is 8.42 Å². The summed E-state index contributed by atoms with van der Waals surface area (Å²) in [6, 6.07) is 2.00. The summed E-state index contributed by atoms with van der Waals surface area (Å²) in [4.78, 5) is 6.45. The number of anilines is 1. The average molecular weight is 334 g/mol. The first-order valence-corrected chi connectivity index (χ1v) is 8.17. The third-order valence-corrected chi connectivity index (χ3v) is 5.49. The molecule has 0 bridgehead atoms. The van der Waals surface area contributed by atoms with Gasteiger partial charge in [0.05, 0.1) is 5.25 Å². The molecule has 18 heavy (non-hydrogen) atoms. The molecule has 2 heterocycles. The molecule has 5 nitrogen and oxygen atoms in total. The summed E-state index contributed by atoms with van der Waals surface area (Å²) in [6.07, 6.45) is 2.90. The Balaban J connectivity index is 2.08. The second-order valence-corrected chi connectivity index (χ2v) is 7.27. The van der Waals surface area contributed by atoms with E-state index < -0.39 is 15.3 Å². The number of nitrogens with zero attached hydrogens (tertiary/aromatic N) is 2. The molecular formula is C11H16BrN3O2S. The third-order valence-electron chi connectivity index (χ3n) is 3.26. The number of hydrogen-bond donors (Lipinski definition) is 1. The maximum absolute atomic E-state index is 11.3. The summed E-state index contributed by atoms with van der Waals surface area (Å²) in [5, 5.41) is 4.76. The zero-order valence-electron chi connectivity index (χ0n) is 10.1. The van der Waals surface area contributed by atoms with Gasteiger partial charge in [-0.15, -0.1) is 0 Å². The number of pyridine rings is 1. The van der Waals surface area contributed by atoms with Crippen molar-refractivity contribution in [1.29, 1.82) is 0 Å². The van der Waals surface area contributed by atoms with Crippen molar-refractivity contribution in [3.05, 3.63) is 22.3 Å². The Morgan fingerprint density at radius 2 is 2.06 bits per heavy atom. The maximum Gasteiger partial charge on any atom is 0.212 e. The molecule has 0 aliphatic carbocycles. The van der Waals surface area contributed by atoms with E-state index in [-0.39, 0.29) is 0 Å². The molecular weight excluding hydrogens is 318 g/mol. The maximum atomic E-state index is 11.3. The van der Waals surface area contributed by atoms with Gasteiger partial charge in [-0.2, -0.15) is 0 Å². The number of halogens is 1. The number of rotatable bonds is 2. The fraction of sp³-hybridized carbons (Fsp3) is 0.545. The molecule has 2 N–H and O–H groups in total. The van der Waals surface area contributed by atoms with E-state index in [0.29, 0.717) is 25.9 Å². The highest BCUT2D eigenvalue weighted by Gasteiger charge is 2.27. The summed E-state index contributed by atoms with van der Waals surface area (Å²) in [6.45, 7) is 3.36. The highest BCUT2D eigenvalue weighted by molar-refractivity contribution is 9.10. The van der Waals surface area contributed by atoms with Crippen molar-refractivity contribution in [2.24, 2.45) is 5.14 Å². The minimum atomic E-state index is -3.40. The Morgan fingerprint density at radius 1 is 1.44 bits per heavy atom. The van der Waals surface area contributed by atoms with E-state index in [4.69, 9.17) is 5.14 Å². The molecule has 2 rings (SSSR count). The molecule has 1 aliphatic rings. The van der Waals surface area contributed by atoms with Crippen LogP contribution < -0.4 is 10.0 Å². The van der Waals surface area contributed by atoms with Gasteiger partial charge in [-0.1, -0.05) is 0 Å². The zero-order valence-corrected chi connectivity index (χ0v) is 12.5. The summed E-state index contributed by atoms with van der Waals surface area (Å²) in [5.41, 5.74) is 1.12. The molecule has 0 saturated carbocycles. The first kappa shape index (κ1) is 13.8. The van der Waals surface area contributed by atoms with Crippen LogP contribution in [0.1, 0.15) is 18.4 Å². The van der Waals surface area contributed by atoms with Gasteiger partial charge in [0.25, 0.3) is 0 Å². The second-order valence-electron chi connectivity index (χ2n) is 4.57. The smallest absolute Gasteiger partial charge is 0.212 e. The number of primary sulfonamides is 1. The second kappa shape index (κ2) is 5.14. The van der Waals surface area contributed by atoms with Gasteiger partial charge in [0.15, 0.2) is 0 Å². The first-order chi connectivity index (χ1) is 8.38. The Bertz CT molecular complexity index is 539. The van der Waals surface area contributed by atoms with Crippen molar-refractivity contribution in [2.75, 3.05) is 18.0 Å². The molecule has 0 aromatic carbocycles. The average Bonchev–Trinajstić information content (AvgIpc) is 2.32. The monoisotopic (exact) mass is 333 g/mol. The van der Waals surface area contributed by atoms with Crippen LogP contribution in [0.3, 0.4) is 0 Å². The third kappa shape index (κ3) is 3.02. The van der Waals surface area contributed by atoms with Crippen LogP contribution in [-0.2, 0) is 10.0 Å². The molecule has 1 fully saturated rings. The normalized spacial score (nSPS) is 18.1. The number of aryl methyl sites for hydroxylation is 1. The summed E-state index contributed by atoms with van der Waals surface area (Å²) in [5.74, 6) is 0.892. The van der Waals surface area contributed by atoms with Gasteiger partial charge in [-0.25, -0.2) is 18.5 Å². The lowest BCUT2D eigenvalue weighted by molar-refractivity contribution is 0.529. The minimum Gasteiger partial charge on any atom is -0.357 e. The number of nitrogens with two attached hydrogens (primary N) is 1. The van der Waals surface area contributed by atoms with E-state index in [1.807, 2.05) is 13.0 Å². The molecule has 1 aromatic rings. The zero-order chi connectivity index (χ0) is 13.3. The minimum absolute atomic E-state index is 0.412. The highest BCUT2D eigenvalue weighted by Crippen LogP contribution is 2.24. The van der Waals surface area contributed by atoms with Crippen LogP contribution in [0.25, 0.3) is 0 Å². The topological polar surface area (TPSA) is 76.3 Å². The molecule has 7 heteroatoms. The van der Waals surface area contributed by atoms with Crippen molar-refractivity contribution in [1.82, 2.24) is 4.98 Å². The molecule has 0 radical (unpaired) electrons. The Morgan fingerprint density at radius 3 is 2.56 bits per heavy atom. The summed E-state index contributed by atoms with van der Waals surface area (Å²) in [7, 11) is -3.40. The molecule has 1 aliphatic heterocycles. The van der Waals surface area contributed by atoms with E-state index >= 15 is 0 Å². The van der Waals surface area contributed by atoms with Gasteiger partial charge in [0.1, 0.15) is 5.82 Å². The predicted octanol–water partition coefficient (Wildman–Crippen LogP) is 1.41. The van der Waals surface area contributed by atoms with Gasteiger partial charge in [0.2, 0.25) is 10.0 Å². The van der Waals surface area contributed by atoms with Gasteiger partial charge < -0.3 is 4.90 Å². The van der Waals surface area contributed by atoms with E-state index in [1.165, 1.54) is 0 Å². The van der Waals surface area contributed by atoms with E-state index in [0.717, 1.165) is 15.9 Å². The number of hydrogen-bond acceptors (Lipinski definition) is 4. The van der Waals surface area contributed by atoms with E-state index in [2.05, 4.69) is 25.8 Å². The van der Waals surface area contributed by atoms with Crippen LogP contribution >= 0.6 is 15.9 Å². The number of sulfonamides is 1. The SMILES string of the molecule is Cc1cc(N2CCC(S(N)(=O)=O)CC2)ncc1Br. The molecule has 100 valence electrons. The van der Waals surface area contributed by atoms with E-state index in [1.54, 1.807) is 6.20 Å². The summed E-state index contributed by atoms with van der Waals surface area (Å²) >= 11 is 3.41. The van der Waals surface area contributed by atoms with Crippen LogP contribution in [0, 0.1) is 6.92 Å². The van der Waals surface area contributed by atoms with Crippen molar-refractivity contribution < 1.29 is 8.42 Å². The lowest BCUT2D eigenvalue weighted by atomic mass is 10.1. The Kier molecular flexibility index (Phi) is 3.93. The highest BCUT2D eigenvalue weighted by atomic mass is 79.9. The van der Waals surface area contributed by atoms with Gasteiger partial charge in [-0.05, 0) is 47.3 Å². The quantitative estimate of drug-likeness (QED) is 0.887. The van der Waals surface area contributed by atoms with Crippen LogP contribution in [0.15, 0.2) is 16.7 Å². The van der Waals surface area contributed by atoms with Gasteiger partial charge in [0, 0.05) is 23.8 Å². The lowest BCUT2D eigenvalue weighted by Crippen LogP contribution is -2.41. The standard InChI is InChI=1S/C11H16BrN3O2S/c1-8-6-11(14-7-10(8)12)15-4-2-9(3-5-15)18(13,16)17/h6-7,9H,2-5H2,1H3,(H2,13,16,17). The summed E-state index contributed by atoms with van der Waals surface area (Å²) < 4.78 is 23.5. The van der Waals surface area contributed by atoms with Crippen LogP contribution in [0.4, 0.5) is 5.82 Å².